The molecule has 10 heteroatoms. The number of anilines is 1. The summed E-state index contributed by atoms with van der Waals surface area (Å²) in [5.41, 5.74) is -0.926. The number of aromatic nitrogens is 2. The van der Waals surface area contributed by atoms with Crippen LogP contribution >= 0.6 is 0 Å². The SMILES string of the molecule is CC(C)(C)OC(=O)N1CCCN(c2cc(-c3cccc(C(F)(F)F)c3)nc(C#N)n2)CC1. The number of benzene rings is 1. The Labute approximate surface area is 184 Å². The Kier molecular flexibility index (Phi) is 6.57. The van der Waals surface area contributed by atoms with E-state index in [2.05, 4.69) is 9.97 Å². The van der Waals surface area contributed by atoms with Crippen molar-refractivity contribution in [2.24, 2.45) is 0 Å². The summed E-state index contributed by atoms with van der Waals surface area (Å²) < 4.78 is 44.8. The van der Waals surface area contributed by atoms with Crippen molar-refractivity contribution in [3.63, 3.8) is 0 Å². The Morgan fingerprint density at radius 3 is 2.50 bits per heavy atom. The predicted molar refractivity (Wildman–Crippen MR) is 112 cm³/mol. The Morgan fingerprint density at radius 2 is 1.84 bits per heavy atom. The molecule has 0 saturated carbocycles. The Balaban J connectivity index is 1.85. The van der Waals surface area contributed by atoms with Crippen molar-refractivity contribution in [1.29, 1.82) is 5.26 Å². The predicted octanol–water partition coefficient (Wildman–Crippen LogP) is 4.48. The smallest absolute Gasteiger partial charge is 0.416 e. The minimum absolute atomic E-state index is 0.136. The number of amides is 1. The van der Waals surface area contributed by atoms with E-state index in [0.717, 1.165) is 12.1 Å². The molecule has 0 aliphatic carbocycles. The lowest BCUT2D eigenvalue weighted by atomic mass is 10.1. The summed E-state index contributed by atoms with van der Waals surface area (Å²) in [4.78, 5) is 24.2. The van der Waals surface area contributed by atoms with Gasteiger partial charge in [-0.1, -0.05) is 12.1 Å². The molecule has 1 amide bonds. The van der Waals surface area contributed by atoms with E-state index in [1.54, 1.807) is 31.7 Å². The Bertz CT molecular complexity index is 1030. The molecule has 0 radical (unpaired) electrons. The van der Waals surface area contributed by atoms with E-state index >= 15 is 0 Å². The first-order valence-electron chi connectivity index (χ1n) is 10.2. The van der Waals surface area contributed by atoms with Gasteiger partial charge < -0.3 is 14.5 Å². The quantitative estimate of drug-likeness (QED) is 0.675. The van der Waals surface area contributed by atoms with Crippen LogP contribution in [-0.4, -0.2) is 52.7 Å². The van der Waals surface area contributed by atoms with Gasteiger partial charge in [-0.2, -0.15) is 18.4 Å². The van der Waals surface area contributed by atoms with Crippen LogP contribution in [0.5, 0.6) is 0 Å². The van der Waals surface area contributed by atoms with Gasteiger partial charge in [-0.15, -0.1) is 0 Å². The van der Waals surface area contributed by atoms with E-state index in [0.29, 0.717) is 38.4 Å². The molecule has 3 rings (SSSR count). The number of nitrogens with zero attached hydrogens (tertiary/aromatic N) is 5. The minimum atomic E-state index is -4.49. The van der Waals surface area contributed by atoms with Crippen molar-refractivity contribution in [2.45, 2.75) is 39.0 Å². The number of halogens is 3. The molecule has 0 N–H and O–H groups in total. The van der Waals surface area contributed by atoms with Crippen LogP contribution in [0.15, 0.2) is 30.3 Å². The fraction of sp³-hybridized carbons (Fsp3) is 0.455. The zero-order valence-electron chi connectivity index (χ0n) is 18.1. The van der Waals surface area contributed by atoms with Crippen LogP contribution in [0.2, 0.25) is 0 Å². The van der Waals surface area contributed by atoms with Crippen LogP contribution in [0, 0.1) is 11.3 Å². The number of rotatable bonds is 2. The van der Waals surface area contributed by atoms with Gasteiger partial charge in [0.15, 0.2) is 0 Å². The molecular formula is C22H24F3N5O2. The zero-order chi connectivity index (χ0) is 23.5. The third-order valence-corrected chi connectivity index (χ3v) is 4.77. The van der Waals surface area contributed by atoms with Gasteiger partial charge in [0.1, 0.15) is 17.5 Å². The number of carbonyl (C=O) groups is 1. The van der Waals surface area contributed by atoms with Gasteiger partial charge in [0, 0.05) is 37.8 Å². The third kappa shape index (κ3) is 5.87. The lowest BCUT2D eigenvalue weighted by molar-refractivity contribution is -0.137. The topological polar surface area (TPSA) is 82.4 Å². The third-order valence-electron chi connectivity index (χ3n) is 4.77. The summed E-state index contributed by atoms with van der Waals surface area (Å²) in [6.07, 6.45) is -4.24. The van der Waals surface area contributed by atoms with Gasteiger partial charge in [0.05, 0.1) is 11.3 Å². The summed E-state index contributed by atoms with van der Waals surface area (Å²) in [6, 6.07) is 8.24. The molecule has 7 nitrogen and oxygen atoms in total. The molecule has 170 valence electrons. The van der Waals surface area contributed by atoms with Crippen molar-refractivity contribution in [1.82, 2.24) is 14.9 Å². The maximum Gasteiger partial charge on any atom is 0.416 e. The van der Waals surface area contributed by atoms with Crippen molar-refractivity contribution in [2.75, 3.05) is 31.1 Å². The molecule has 2 heterocycles. The second kappa shape index (κ2) is 9.02. The van der Waals surface area contributed by atoms with Gasteiger partial charge in [-0.05, 0) is 39.3 Å². The van der Waals surface area contributed by atoms with Gasteiger partial charge in [-0.25, -0.2) is 14.8 Å². The highest BCUT2D eigenvalue weighted by Crippen LogP contribution is 2.32. The molecule has 1 fully saturated rings. The van der Waals surface area contributed by atoms with Gasteiger partial charge in [0.25, 0.3) is 0 Å². The number of hydrogen-bond acceptors (Lipinski definition) is 6. The molecule has 32 heavy (non-hydrogen) atoms. The lowest BCUT2D eigenvalue weighted by Gasteiger charge is -2.26. The summed E-state index contributed by atoms with van der Waals surface area (Å²) >= 11 is 0. The molecule has 0 unspecified atom stereocenters. The second-order valence-corrected chi connectivity index (χ2v) is 8.43. The first-order chi connectivity index (χ1) is 15.0. The molecule has 1 aliphatic rings. The van der Waals surface area contributed by atoms with E-state index in [4.69, 9.17) is 4.74 Å². The minimum Gasteiger partial charge on any atom is -0.444 e. The highest BCUT2D eigenvalue weighted by atomic mass is 19.4. The molecular weight excluding hydrogens is 423 g/mol. The zero-order valence-corrected chi connectivity index (χ0v) is 18.1. The van der Waals surface area contributed by atoms with Crippen LogP contribution in [0.4, 0.5) is 23.8 Å². The van der Waals surface area contributed by atoms with Crippen molar-refractivity contribution >= 4 is 11.9 Å². The number of alkyl halides is 3. The number of ether oxygens (including phenoxy) is 1. The van der Waals surface area contributed by atoms with Crippen molar-refractivity contribution < 1.29 is 22.7 Å². The number of nitriles is 1. The molecule has 1 aromatic heterocycles. The standard InChI is InChI=1S/C22H24F3N5O2/c1-21(2,3)32-20(31)30-9-5-8-29(10-11-30)19-13-17(27-18(14-26)28-19)15-6-4-7-16(12-15)22(23,24)25/h4,6-7,12-13H,5,8-11H2,1-3H3. The fourth-order valence-corrected chi connectivity index (χ4v) is 3.30. The first kappa shape index (κ1) is 23.3. The first-order valence-corrected chi connectivity index (χ1v) is 10.2. The van der Waals surface area contributed by atoms with Crippen LogP contribution in [-0.2, 0) is 10.9 Å². The Hall–Kier alpha value is -3.35. The molecule has 1 saturated heterocycles. The largest absolute Gasteiger partial charge is 0.444 e. The van der Waals surface area contributed by atoms with E-state index in [-0.39, 0.29) is 17.1 Å². The summed E-state index contributed by atoms with van der Waals surface area (Å²) in [6.45, 7) is 7.28. The van der Waals surface area contributed by atoms with Crippen LogP contribution in [0.25, 0.3) is 11.3 Å². The highest BCUT2D eigenvalue weighted by molar-refractivity contribution is 5.68. The fourth-order valence-electron chi connectivity index (χ4n) is 3.30. The maximum absolute atomic E-state index is 13.1. The van der Waals surface area contributed by atoms with Crippen LogP contribution in [0.3, 0.4) is 0 Å². The van der Waals surface area contributed by atoms with Crippen LogP contribution < -0.4 is 4.90 Å². The number of carbonyl (C=O) groups excluding carboxylic acids is 1. The molecule has 0 atom stereocenters. The highest BCUT2D eigenvalue weighted by Gasteiger charge is 2.31. The van der Waals surface area contributed by atoms with E-state index in [1.807, 2.05) is 11.0 Å². The average Bonchev–Trinajstić information content (AvgIpc) is 2.98. The summed E-state index contributed by atoms with van der Waals surface area (Å²) in [5, 5.41) is 9.35. The maximum atomic E-state index is 13.1. The van der Waals surface area contributed by atoms with Crippen molar-refractivity contribution in [3.05, 3.63) is 41.7 Å². The summed E-state index contributed by atoms with van der Waals surface area (Å²) in [7, 11) is 0. The van der Waals surface area contributed by atoms with Crippen molar-refractivity contribution in [3.8, 4) is 17.3 Å². The van der Waals surface area contributed by atoms with Gasteiger partial charge in [0.2, 0.25) is 5.82 Å². The van der Waals surface area contributed by atoms with Gasteiger partial charge in [-0.3, -0.25) is 0 Å². The molecule has 0 spiro atoms. The normalized spacial score (nSPS) is 15.2. The van der Waals surface area contributed by atoms with E-state index < -0.39 is 23.4 Å². The van der Waals surface area contributed by atoms with Crippen LogP contribution in [0.1, 0.15) is 38.6 Å². The van der Waals surface area contributed by atoms with E-state index in [1.165, 1.54) is 12.1 Å². The summed E-state index contributed by atoms with van der Waals surface area (Å²) in [5.74, 6) is 0.290. The molecule has 0 bridgehead atoms. The van der Waals surface area contributed by atoms with Gasteiger partial charge >= 0.3 is 12.3 Å². The lowest BCUT2D eigenvalue weighted by Crippen LogP contribution is -2.39. The Morgan fingerprint density at radius 1 is 1.09 bits per heavy atom. The second-order valence-electron chi connectivity index (χ2n) is 8.43. The molecule has 2 aromatic rings. The number of hydrogen-bond donors (Lipinski definition) is 0. The van der Waals surface area contributed by atoms with E-state index in [9.17, 15) is 23.2 Å². The average molecular weight is 447 g/mol. The molecule has 1 aromatic carbocycles. The molecule has 1 aliphatic heterocycles. The monoisotopic (exact) mass is 447 g/mol.